The fourth-order valence-electron chi connectivity index (χ4n) is 4.26. The summed E-state index contributed by atoms with van der Waals surface area (Å²) < 4.78 is 4.72. The Bertz CT molecular complexity index is 628. The summed E-state index contributed by atoms with van der Waals surface area (Å²) in [6, 6.07) is 8.21. The van der Waals surface area contributed by atoms with Crippen LogP contribution in [0.2, 0.25) is 0 Å². The number of benzene rings is 1. The number of hydrogen-bond donors (Lipinski definition) is 0. The average molecular weight is 344 g/mol. The van der Waals surface area contributed by atoms with Gasteiger partial charge in [-0.1, -0.05) is 17.7 Å². The van der Waals surface area contributed by atoms with Crippen molar-refractivity contribution in [2.45, 2.75) is 51.0 Å². The molecular weight excluding hydrogens is 316 g/mol. The van der Waals surface area contributed by atoms with Crippen LogP contribution in [0.15, 0.2) is 24.3 Å². The van der Waals surface area contributed by atoms with Crippen LogP contribution in [0.1, 0.15) is 44.1 Å². The normalized spacial score (nSPS) is 24.1. The summed E-state index contributed by atoms with van der Waals surface area (Å²) in [6.07, 6.45) is 5.07. The molecule has 5 heteroatoms. The van der Waals surface area contributed by atoms with Crippen LogP contribution in [-0.2, 0) is 14.3 Å². The molecule has 1 atom stereocenters. The van der Waals surface area contributed by atoms with E-state index in [-0.39, 0.29) is 17.4 Å². The molecule has 0 N–H and O–H groups in total. The molecule has 2 fully saturated rings. The Balaban J connectivity index is 1.73. The molecule has 1 unspecified atom stereocenters. The Morgan fingerprint density at radius 2 is 1.84 bits per heavy atom. The van der Waals surface area contributed by atoms with E-state index < -0.39 is 0 Å². The fourth-order valence-corrected chi connectivity index (χ4v) is 4.26. The number of nitrogens with zero attached hydrogens (tertiary/aromatic N) is 2. The van der Waals surface area contributed by atoms with E-state index in [4.69, 9.17) is 4.74 Å². The lowest BCUT2D eigenvalue weighted by Crippen LogP contribution is -2.60. The standard InChI is InChI=1S/C20H28N2O3/c1-16-7-9-17(10-8-16)22-15-5-12-20(19(22)24)11-4-14-21(20)13-3-6-18(23)25-2/h7-10H,3-6,11-15H2,1-2H3. The van der Waals surface area contributed by atoms with Gasteiger partial charge in [0.1, 0.15) is 5.54 Å². The Labute approximate surface area is 149 Å². The first-order chi connectivity index (χ1) is 12.1. The van der Waals surface area contributed by atoms with Gasteiger partial charge in [0.25, 0.3) is 0 Å². The number of carbonyl (C=O) groups excluding carboxylic acids is 2. The van der Waals surface area contributed by atoms with Crippen LogP contribution in [0.25, 0.3) is 0 Å². The number of amides is 1. The van der Waals surface area contributed by atoms with Crippen LogP contribution in [-0.4, -0.2) is 49.1 Å². The zero-order valence-corrected chi connectivity index (χ0v) is 15.3. The number of ether oxygens (including phenoxy) is 1. The highest BCUT2D eigenvalue weighted by Gasteiger charge is 2.50. The number of carbonyl (C=O) groups is 2. The van der Waals surface area contributed by atoms with E-state index in [0.29, 0.717) is 6.42 Å². The molecule has 2 aliphatic heterocycles. The topological polar surface area (TPSA) is 49.9 Å². The van der Waals surface area contributed by atoms with Gasteiger partial charge in [-0.3, -0.25) is 14.5 Å². The molecule has 5 nitrogen and oxygen atoms in total. The van der Waals surface area contributed by atoms with Gasteiger partial charge in [-0.2, -0.15) is 0 Å². The molecule has 1 aromatic carbocycles. The number of piperidine rings is 1. The first-order valence-corrected chi connectivity index (χ1v) is 9.27. The maximum absolute atomic E-state index is 13.4. The zero-order valence-electron chi connectivity index (χ0n) is 15.3. The van der Waals surface area contributed by atoms with Crippen molar-refractivity contribution in [3.8, 4) is 0 Å². The maximum Gasteiger partial charge on any atom is 0.305 e. The van der Waals surface area contributed by atoms with Crippen molar-refractivity contribution in [1.29, 1.82) is 0 Å². The maximum atomic E-state index is 13.4. The minimum absolute atomic E-state index is 0.176. The highest BCUT2D eigenvalue weighted by atomic mass is 16.5. The second-order valence-electron chi connectivity index (χ2n) is 7.20. The quantitative estimate of drug-likeness (QED) is 0.771. The third kappa shape index (κ3) is 3.56. The first kappa shape index (κ1) is 17.9. The van der Waals surface area contributed by atoms with Crippen LogP contribution in [0.3, 0.4) is 0 Å². The second kappa shape index (κ2) is 7.56. The molecule has 0 aliphatic carbocycles. The van der Waals surface area contributed by atoms with Crippen molar-refractivity contribution < 1.29 is 14.3 Å². The van der Waals surface area contributed by atoms with Crippen LogP contribution >= 0.6 is 0 Å². The van der Waals surface area contributed by atoms with Gasteiger partial charge in [0.05, 0.1) is 7.11 Å². The van der Waals surface area contributed by atoms with Gasteiger partial charge in [-0.05, 0) is 64.3 Å². The monoisotopic (exact) mass is 344 g/mol. The number of rotatable bonds is 5. The molecule has 1 amide bonds. The van der Waals surface area contributed by atoms with Crippen molar-refractivity contribution in [2.24, 2.45) is 0 Å². The smallest absolute Gasteiger partial charge is 0.305 e. The van der Waals surface area contributed by atoms with Crippen molar-refractivity contribution in [1.82, 2.24) is 4.90 Å². The predicted octanol–water partition coefficient (Wildman–Crippen LogP) is 2.91. The summed E-state index contributed by atoms with van der Waals surface area (Å²) in [5, 5.41) is 0. The van der Waals surface area contributed by atoms with Crippen molar-refractivity contribution in [2.75, 3.05) is 31.6 Å². The van der Waals surface area contributed by atoms with Gasteiger partial charge in [0, 0.05) is 18.7 Å². The van der Waals surface area contributed by atoms with E-state index in [0.717, 1.165) is 57.4 Å². The molecule has 2 aliphatic rings. The minimum Gasteiger partial charge on any atom is -0.469 e. The fraction of sp³-hybridized carbons (Fsp3) is 0.600. The Hall–Kier alpha value is -1.88. The lowest BCUT2D eigenvalue weighted by atomic mass is 9.85. The van der Waals surface area contributed by atoms with Gasteiger partial charge in [0.15, 0.2) is 0 Å². The van der Waals surface area contributed by atoms with Crippen LogP contribution in [0, 0.1) is 6.92 Å². The number of likely N-dealkylation sites (tertiary alicyclic amines) is 1. The van der Waals surface area contributed by atoms with E-state index in [2.05, 4.69) is 24.0 Å². The molecule has 0 radical (unpaired) electrons. The number of methoxy groups -OCH3 is 1. The van der Waals surface area contributed by atoms with E-state index in [9.17, 15) is 9.59 Å². The summed E-state index contributed by atoms with van der Waals surface area (Å²) in [5.74, 6) is 0.0580. The Morgan fingerprint density at radius 1 is 1.16 bits per heavy atom. The Kier molecular flexibility index (Phi) is 5.42. The summed E-state index contributed by atoms with van der Waals surface area (Å²) in [7, 11) is 1.42. The highest BCUT2D eigenvalue weighted by Crippen LogP contribution is 2.39. The van der Waals surface area contributed by atoms with E-state index in [1.54, 1.807) is 0 Å². The van der Waals surface area contributed by atoms with E-state index in [1.165, 1.54) is 12.7 Å². The molecule has 1 spiro atoms. The zero-order chi connectivity index (χ0) is 17.9. The average Bonchev–Trinajstić information content (AvgIpc) is 3.02. The predicted molar refractivity (Wildman–Crippen MR) is 97.6 cm³/mol. The second-order valence-corrected chi connectivity index (χ2v) is 7.20. The molecule has 25 heavy (non-hydrogen) atoms. The highest BCUT2D eigenvalue weighted by molar-refractivity contribution is 6.01. The number of esters is 1. The lowest BCUT2D eigenvalue weighted by molar-refractivity contribution is -0.140. The summed E-state index contributed by atoms with van der Waals surface area (Å²) in [6.45, 7) is 4.57. The molecule has 3 rings (SSSR count). The van der Waals surface area contributed by atoms with Gasteiger partial charge in [-0.25, -0.2) is 0 Å². The number of anilines is 1. The molecule has 1 aromatic rings. The third-order valence-electron chi connectivity index (χ3n) is 5.62. The van der Waals surface area contributed by atoms with Gasteiger partial charge in [-0.15, -0.1) is 0 Å². The van der Waals surface area contributed by atoms with Crippen LogP contribution < -0.4 is 4.90 Å². The molecular formula is C20H28N2O3. The lowest BCUT2D eigenvalue weighted by Gasteiger charge is -2.44. The largest absolute Gasteiger partial charge is 0.469 e. The van der Waals surface area contributed by atoms with Gasteiger partial charge in [0.2, 0.25) is 5.91 Å². The molecule has 0 bridgehead atoms. The molecule has 0 aromatic heterocycles. The molecule has 2 heterocycles. The van der Waals surface area contributed by atoms with Crippen molar-refractivity contribution in [3.63, 3.8) is 0 Å². The summed E-state index contributed by atoms with van der Waals surface area (Å²) in [5.41, 5.74) is 1.82. The number of hydrogen-bond acceptors (Lipinski definition) is 4. The summed E-state index contributed by atoms with van der Waals surface area (Å²) >= 11 is 0. The molecule has 136 valence electrons. The van der Waals surface area contributed by atoms with Gasteiger partial charge >= 0.3 is 5.97 Å². The van der Waals surface area contributed by atoms with E-state index >= 15 is 0 Å². The van der Waals surface area contributed by atoms with E-state index in [1.807, 2.05) is 17.0 Å². The van der Waals surface area contributed by atoms with Crippen molar-refractivity contribution in [3.05, 3.63) is 29.8 Å². The molecule has 2 saturated heterocycles. The summed E-state index contributed by atoms with van der Waals surface area (Å²) in [4.78, 5) is 29.0. The SMILES string of the molecule is COC(=O)CCCN1CCCC12CCCN(c1ccc(C)cc1)C2=O. The molecule has 0 saturated carbocycles. The van der Waals surface area contributed by atoms with Crippen LogP contribution in [0.4, 0.5) is 5.69 Å². The van der Waals surface area contributed by atoms with Gasteiger partial charge < -0.3 is 9.64 Å². The minimum atomic E-state index is -0.376. The Morgan fingerprint density at radius 3 is 2.52 bits per heavy atom. The number of aryl methyl sites for hydroxylation is 1. The third-order valence-corrected chi connectivity index (χ3v) is 5.62. The first-order valence-electron chi connectivity index (χ1n) is 9.27. The van der Waals surface area contributed by atoms with Crippen molar-refractivity contribution >= 4 is 17.6 Å². The van der Waals surface area contributed by atoms with Crippen LogP contribution in [0.5, 0.6) is 0 Å².